The molecule has 1 aromatic heterocycles. The van der Waals surface area contributed by atoms with Gasteiger partial charge >= 0.3 is 0 Å². The van der Waals surface area contributed by atoms with Gasteiger partial charge in [0, 0.05) is 6.20 Å². The van der Waals surface area contributed by atoms with Crippen LogP contribution in [0.1, 0.15) is 0 Å². The van der Waals surface area contributed by atoms with Crippen LogP contribution in [0.3, 0.4) is 0 Å². The molecule has 1 aromatic rings. The SMILES string of the molecule is C=C[si]1ccccn1. The van der Waals surface area contributed by atoms with Crippen molar-refractivity contribution >= 4 is 14.3 Å². The van der Waals surface area contributed by atoms with Gasteiger partial charge in [0.15, 0.2) is 8.57 Å². The van der Waals surface area contributed by atoms with E-state index in [1.165, 1.54) is 0 Å². The van der Waals surface area contributed by atoms with E-state index < -0.39 is 8.57 Å². The normalized spacial score (nSPS) is 8.50. The molecule has 0 aliphatic heterocycles. The Balaban J connectivity index is 2.99. The lowest BCUT2D eigenvalue weighted by atomic mass is 10.7. The first-order valence-electron chi connectivity index (χ1n) is 2.47. The Labute approximate surface area is 50.3 Å². The highest BCUT2D eigenvalue weighted by Crippen LogP contribution is 1.79. The van der Waals surface area contributed by atoms with Gasteiger partial charge in [-0.15, -0.1) is 6.58 Å². The third-order valence-corrected chi connectivity index (χ3v) is 2.30. The minimum absolute atomic E-state index is 0.666. The number of hydrogen-bond donors (Lipinski definition) is 0. The number of aromatic nitrogens is 1. The first-order valence-corrected chi connectivity index (χ1v) is 4.07. The molecule has 0 fully saturated rings. The fraction of sp³-hybridized carbons (Fsp3) is 0. The van der Waals surface area contributed by atoms with Gasteiger partial charge in [-0.05, 0) is 6.07 Å². The smallest absolute Gasteiger partial charge is 0.182 e. The van der Waals surface area contributed by atoms with Crippen LogP contribution in [0, 0.1) is 0 Å². The van der Waals surface area contributed by atoms with Gasteiger partial charge in [-0.3, -0.25) is 0 Å². The Bertz CT molecular complexity index is 171. The van der Waals surface area contributed by atoms with Crippen molar-refractivity contribution in [3.8, 4) is 0 Å². The summed E-state index contributed by atoms with van der Waals surface area (Å²) in [6, 6.07) is 3.95. The van der Waals surface area contributed by atoms with Crippen molar-refractivity contribution in [2.24, 2.45) is 0 Å². The van der Waals surface area contributed by atoms with E-state index in [9.17, 15) is 0 Å². The summed E-state index contributed by atoms with van der Waals surface area (Å²) in [5.74, 6) is 0. The second-order valence-electron chi connectivity index (χ2n) is 1.46. The first-order chi connectivity index (χ1) is 3.93. The molecule has 0 N–H and O–H groups in total. The Morgan fingerprint density at radius 3 is 2.75 bits per heavy atom. The van der Waals surface area contributed by atoms with Gasteiger partial charge in [0.05, 0.1) is 0 Å². The van der Waals surface area contributed by atoms with Gasteiger partial charge in [-0.1, -0.05) is 17.4 Å². The third-order valence-electron chi connectivity index (χ3n) is 0.897. The Morgan fingerprint density at radius 2 is 2.38 bits per heavy atom. The molecule has 0 aromatic carbocycles. The summed E-state index contributed by atoms with van der Waals surface area (Å²) in [4.78, 5) is 0. The van der Waals surface area contributed by atoms with Crippen LogP contribution in [-0.2, 0) is 0 Å². The summed E-state index contributed by atoms with van der Waals surface area (Å²) >= 11 is 0. The van der Waals surface area contributed by atoms with Crippen molar-refractivity contribution in [3.63, 3.8) is 0 Å². The maximum Gasteiger partial charge on any atom is 0.182 e. The van der Waals surface area contributed by atoms with Gasteiger partial charge in [0.25, 0.3) is 0 Å². The fourth-order valence-electron chi connectivity index (χ4n) is 0.497. The molecule has 0 spiro atoms. The minimum Gasteiger partial charge on any atom is -0.300 e. The molecule has 1 heterocycles. The minimum atomic E-state index is -0.666. The van der Waals surface area contributed by atoms with Gasteiger partial charge in [0.1, 0.15) is 0 Å². The van der Waals surface area contributed by atoms with Crippen LogP contribution in [0.15, 0.2) is 30.6 Å². The topological polar surface area (TPSA) is 12.9 Å². The second-order valence-corrected chi connectivity index (χ2v) is 3.31. The lowest BCUT2D eigenvalue weighted by Crippen LogP contribution is -1.91. The van der Waals surface area contributed by atoms with E-state index in [-0.39, 0.29) is 0 Å². The summed E-state index contributed by atoms with van der Waals surface area (Å²) < 4.78 is 4.16. The molecule has 0 unspecified atom stereocenters. The molecule has 2 heteroatoms. The monoisotopic (exact) mass is 121 g/mol. The van der Waals surface area contributed by atoms with Crippen LogP contribution in [0.2, 0.25) is 0 Å². The average molecular weight is 121 g/mol. The predicted molar refractivity (Wildman–Crippen MR) is 36.6 cm³/mol. The fourth-order valence-corrected chi connectivity index (χ4v) is 1.39. The summed E-state index contributed by atoms with van der Waals surface area (Å²) in [7, 11) is -0.666. The molecule has 1 rings (SSSR count). The second kappa shape index (κ2) is 2.52. The Morgan fingerprint density at radius 1 is 1.50 bits per heavy atom. The van der Waals surface area contributed by atoms with Crippen molar-refractivity contribution in [3.05, 3.63) is 30.6 Å². The predicted octanol–water partition coefficient (Wildman–Crippen LogP) is 1.21. The molecular weight excluding hydrogens is 114 g/mol. The molecule has 0 amide bonds. The molecule has 0 aliphatic rings. The number of rotatable bonds is 1. The zero-order valence-electron chi connectivity index (χ0n) is 4.54. The Kier molecular flexibility index (Phi) is 1.69. The van der Waals surface area contributed by atoms with Crippen molar-refractivity contribution in [1.82, 2.24) is 4.64 Å². The molecule has 0 atom stereocenters. The average Bonchev–Trinajstić information content (AvgIpc) is 1.90. The van der Waals surface area contributed by atoms with Gasteiger partial charge in [-0.2, -0.15) is 0 Å². The third kappa shape index (κ3) is 1.10. The molecule has 0 bridgehead atoms. The maximum atomic E-state index is 4.16. The van der Waals surface area contributed by atoms with E-state index in [1.54, 1.807) is 0 Å². The van der Waals surface area contributed by atoms with E-state index in [4.69, 9.17) is 0 Å². The van der Waals surface area contributed by atoms with E-state index >= 15 is 0 Å². The molecule has 0 aliphatic carbocycles. The van der Waals surface area contributed by atoms with Gasteiger partial charge in [0.2, 0.25) is 0 Å². The maximum absolute atomic E-state index is 4.16. The lowest BCUT2D eigenvalue weighted by Gasteiger charge is -1.82. The molecular formula is C6H7NSi. The van der Waals surface area contributed by atoms with E-state index in [0.29, 0.717) is 0 Å². The Hall–Kier alpha value is -0.763. The van der Waals surface area contributed by atoms with Crippen LogP contribution in [0.4, 0.5) is 0 Å². The summed E-state index contributed by atoms with van der Waals surface area (Å²) in [5.41, 5.74) is 4.00. The standard InChI is InChI=1S/C6H7NSi/c1-2-8-6-4-3-5-7-8/h2-6H,1H2. The van der Waals surface area contributed by atoms with E-state index in [0.717, 1.165) is 0 Å². The lowest BCUT2D eigenvalue weighted by molar-refractivity contribution is 1.49. The van der Waals surface area contributed by atoms with Crippen molar-refractivity contribution in [2.75, 3.05) is 0 Å². The van der Waals surface area contributed by atoms with Crippen LogP contribution in [0.25, 0.3) is 5.70 Å². The summed E-state index contributed by atoms with van der Waals surface area (Å²) in [6.07, 6.45) is 1.83. The van der Waals surface area contributed by atoms with Gasteiger partial charge < -0.3 is 4.64 Å². The number of hydrogen-bond acceptors (Lipinski definition) is 1. The van der Waals surface area contributed by atoms with Crippen molar-refractivity contribution in [1.29, 1.82) is 0 Å². The van der Waals surface area contributed by atoms with Crippen LogP contribution in [-0.4, -0.2) is 13.2 Å². The molecule has 0 radical (unpaired) electrons. The van der Waals surface area contributed by atoms with E-state index in [1.807, 2.05) is 24.0 Å². The highest BCUT2D eigenvalue weighted by Gasteiger charge is 1.80. The zero-order valence-corrected chi connectivity index (χ0v) is 5.54. The molecule has 8 heavy (non-hydrogen) atoms. The quantitative estimate of drug-likeness (QED) is 0.509. The van der Waals surface area contributed by atoms with Gasteiger partial charge in [-0.25, -0.2) is 0 Å². The number of nitrogens with zero attached hydrogens (tertiary/aromatic N) is 1. The van der Waals surface area contributed by atoms with Crippen LogP contribution in [0.5, 0.6) is 0 Å². The first kappa shape index (κ1) is 5.38. The molecule has 0 saturated heterocycles. The van der Waals surface area contributed by atoms with Crippen LogP contribution >= 0.6 is 0 Å². The zero-order chi connectivity index (χ0) is 5.82. The van der Waals surface area contributed by atoms with Crippen molar-refractivity contribution in [2.45, 2.75) is 0 Å². The van der Waals surface area contributed by atoms with Crippen molar-refractivity contribution < 1.29 is 0 Å². The largest absolute Gasteiger partial charge is 0.300 e. The highest BCUT2D eigenvalue weighted by molar-refractivity contribution is 6.60. The molecule has 0 saturated carbocycles. The van der Waals surface area contributed by atoms with Crippen LogP contribution < -0.4 is 0 Å². The molecule has 40 valence electrons. The molecule has 1 nitrogen and oxygen atoms in total. The summed E-state index contributed by atoms with van der Waals surface area (Å²) in [6.45, 7) is 3.65. The highest BCUT2D eigenvalue weighted by atomic mass is 28.2. The summed E-state index contributed by atoms with van der Waals surface area (Å²) in [5, 5.41) is 0. The van der Waals surface area contributed by atoms with E-state index in [2.05, 4.69) is 16.9 Å².